The zero-order chi connectivity index (χ0) is 20.8. The van der Waals surface area contributed by atoms with Crippen LogP contribution in [0.5, 0.6) is 0 Å². The summed E-state index contributed by atoms with van der Waals surface area (Å²) in [6.45, 7) is 19.9. The van der Waals surface area contributed by atoms with E-state index in [1.54, 1.807) is 11.1 Å². The van der Waals surface area contributed by atoms with Crippen molar-refractivity contribution in [3.63, 3.8) is 0 Å². The third-order valence-corrected chi connectivity index (χ3v) is 14.8. The van der Waals surface area contributed by atoms with Gasteiger partial charge in [-0.15, -0.1) is 0 Å². The highest BCUT2D eigenvalue weighted by molar-refractivity contribution is 6.73. The van der Waals surface area contributed by atoms with Gasteiger partial charge < -0.3 is 4.43 Å². The molecule has 0 aliphatic heterocycles. The van der Waals surface area contributed by atoms with Gasteiger partial charge >= 0.3 is 0 Å². The molecule has 0 amide bonds. The SMILES string of the molecule is CC[Si](CC)(CC)O[C@]12CCC(C)=C(CC[C@]3(C)CCC[C@@H](C)[C@H]3C1)C2(C)C. The molecule has 0 aromatic carbocycles. The number of hydrogen-bond acceptors (Lipinski definition) is 1. The number of hydrogen-bond donors (Lipinski definition) is 0. The summed E-state index contributed by atoms with van der Waals surface area (Å²) in [6, 6.07) is 3.81. The molecule has 2 bridgehead atoms. The normalized spacial score (nSPS) is 38.6. The van der Waals surface area contributed by atoms with Crippen LogP contribution in [-0.4, -0.2) is 13.9 Å². The summed E-state index contributed by atoms with van der Waals surface area (Å²) in [5.41, 5.74) is 4.22. The monoisotopic (exact) mass is 404 g/mol. The average Bonchev–Trinajstić information content (AvgIpc) is 2.65. The van der Waals surface area contributed by atoms with E-state index in [1.165, 1.54) is 69.5 Å². The molecule has 0 heterocycles. The second-order valence-electron chi connectivity index (χ2n) is 11.6. The van der Waals surface area contributed by atoms with Gasteiger partial charge in [0.2, 0.25) is 0 Å². The van der Waals surface area contributed by atoms with E-state index in [1.807, 2.05) is 0 Å². The number of fused-ring (bicyclic) bond motifs is 3. The van der Waals surface area contributed by atoms with Crippen LogP contribution in [0.2, 0.25) is 18.1 Å². The van der Waals surface area contributed by atoms with Crippen molar-refractivity contribution in [1.82, 2.24) is 0 Å². The Hall–Kier alpha value is -0.0831. The van der Waals surface area contributed by atoms with Gasteiger partial charge in [-0.05, 0) is 80.8 Å². The standard InChI is InChI=1S/C26H48OSi/c1-9-28(10-2,11-3)27-26-18-14-21(5)22(24(26,6)7)15-17-25(8)16-12-13-20(4)23(25)19-26/h20,23H,9-19H2,1-8H3/t20-,23-,25+,26-/m1/s1. The van der Waals surface area contributed by atoms with Crippen LogP contribution >= 0.6 is 0 Å². The van der Waals surface area contributed by atoms with E-state index in [2.05, 4.69) is 55.4 Å². The van der Waals surface area contributed by atoms with Gasteiger partial charge in [-0.1, -0.05) is 72.5 Å². The minimum absolute atomic E-state index is 0.0635. The zero-order valence-corrected chi connectivity index (χ0v) is 21.3. The third-order valence-electron chi connectivity index (χ3n) is 10.1. The Labute approximate surface area is 177 Å². The van der Waals surface area contributed by atoms with Crippen molar-refractivity contribution in [1.29, 1.82) is 0 Å². The lowest BCUT2D eigenvalue weighted by atomic mass is 9.50. The van der Waals surface area contributed by atoms with Gasteiger partial charge in [0.1, 0.15) is 0 Å². The lowest BCUT2D eigenvalue weighted by Crippen LogP contribution is -2.60. The molecule has 0 aromatic heterocycles. The fourth-order valence-corrected chi connectivity index (χ4v) is 10.8. The molecule has 1 nitrogen and oxygen atoms in total. The largest absolute Gasteiger partial charge is 0.410 e. The summed E-state index contributed by atoms with van der Waals surface area (Å²) >= 11 is 0. The molecule has 3 aliphatic carbocycles. The summed E-state index contributed by atoms with van der Waals surface area (Å²) in [6.07, 6.45) is 10.8. The third kappa shape index (κ3) is 3.49. The molecule has 0 spiro atoms. The van der Waals surface area contributed by atoms with Crippen molar-refractivity contribution in [2.45, 2.75) is 130 Å². The molecule has 162 valence electrons. The molecule has 0 aromatic rings. The first-order chi connectivity index (χ1) is 13.1. The molecular formula is C26H48OSi. The van der Waals surface area contributed by atoms with Crippen molar-refractivity contribution in [2.24, 2.45) is 22.7 Å². The number of allylic oxidation sites excluding steroid dienone is 1. The first-order valence-corrected chi connectivity index (χ1v) is 15.0. The van der Waals surface area contributed by atoms with Crippen LogP contribution < -0.4 is 0 Å². The highest BCUT2D eigenvalue weighted by Gasteiger charge is 2.58. The molecule has 0 unspecified atom stereocenters. The summed E-state index contributed by atoms with van der Waals surface area (Å²) in [5.74, 6) is 1.68. The van der Waals surface area contributed by atoms with Crippen molar-refractivity contribution in [3.8, 4) is 0 Å². The lowest BCUT2D eigenvalue weighted by Gasteiger charge is -2.61. The van der Waals surface area contributed by atoms with Gasteiger partial charge in [0.25, 0.3) is 0 Å². The fourth-order valence-electron chi connectivity index (χ4n) is 7.57. The molecule has 0 radical (unpaired) electrons. The van der Waals surface area contributed by atoms with Crippen LogP contribution in [0.4, 0.5) is 0 Å². The van der Waals surface area contributed by atoms with E-state index in [0.29, 0.717) is 5.41 Å². The van der Waals surface area contributed by atoms with Crippen LogP contribution in [0.25, 0.3) is 0 Å². The van der Waals surface area contributed by atoms with E-state index >= 15 is 0 Å². The number of rotatable bonds is 5. The van der Waals surface area contributed by atoms with Crippen LogP contribution in [-0.2, 0) is 4.43 Å². The predicted octanol–water partition coefficient (Wildman–Crippen LogP) is 8.51. The second kappa shape index (κ2) is 7.87. The van der Waals surface area contributed by atoms with Crippen molar-refractivity contribution < 1.29 is 4.43 Å². The van der Waals surface area contributed by atoms with Gasteiger partial charge in [-0.25, -0.2) is 0 Å². The zero-order valence-electron chi connectivity index (χ0n) is 20.3. The Morgan fingerprint density at radius 2 is 1.61 bits per heavy atom. The summed E-state index contributed by atoms with van der Waals surface area (Å²) in [5, 5.41) is 0. The molecular weight excluding hydrogens is 356 g/mol. The van der Waals surface area contributed by atoms with E-state index in [-0.39, 0.29) is 11.0 Å². The quantitative estimate of drug-likeness (QED) is 0.329. The van der Waals surface area contributed by atoms with Crippen LogP contribution in [0.1, 0.15) is 107 Å². The van der Waals surface area contributed by atoms with E-state index in [9.17, 15) is 0 Å². The average molecular weight is 405 g/mol. The van der Waals surface area contributed by atoms with Crippen molar-refractivity contribution in [3.05, 3.63) is 11.1 Å². The molecule has 28 heavy (non-hydrogen) atoms. The van der Waals surface area contributed by atoms with Gasteiger partial charge in [0, 0.05) is 5.41 Å². The molecule has 3 aliphatic rings. The Morgan fingerprint density at radius 3 is 2.21 bits per heavy atom. The van der Waals surface area contributed by atoms with E-state index in [4.69, 9.17) is 4.43 Å². The summed E-state index contributed by atoms with van der Waals surface area (Å²) in [4.78, 5) is 0. The fraction of sp³-hybridized carbons (Fsp3) is 0.923. The Morgan fingerprint density at radius 1 is 0.964 bits per heavy atom. The van der Waals surface area contributed by atoms with Gasteiger partial charge in [0.05, 0.1) is 5.60 Å². The molecule has 2 saturated carbocycles. The minimum atomic E-state index is -1.67. The maximum Gasteiger partial charge on any atom is 0.192 e. The Bertz CT molecular complexity index is 593. The Kier molecular flexibility index (Phi) is 6.36. The maximum absolute atomic E-state index is 7.63. The van der Waals surface area contributed by atoms with E-state index in [0.717, 1.165) is 11.8 Å². The van der Waals surface area contributed by atoms with Crippen LogP contribution in [0.3, 0.4) is 0 Å². The highest BCUT2D eigenvalue weighted by Crippen LogP contribution is 2.62. The summed E-state index contributed by atoms with van der Waals surface area (Å²) in [7, 11) is -1.67. The predicted molar refractivity (Wildman–Crippen MR) is 125 cm³/mol. The summed E-state index contributed by atoms with van der Waals surface area (Å²) < 4.78 is 7.63. The first-order valence-electron chi connectivity index (χ1n) is 12.5. The van der Waals surface area contributed by atoms with Crippen molar-refractivity contribution >= 4 is 8.32 Å². The molecule has 0 N–H and O–H groups in total. The molecule has 3 rings (SSSR count). The van der Waals surface area contributed by atoms with Crippen LogP contribution in [0, 0.1) is 22.7 Å². The van der Waals surface area contributed by atoms with Crippen LogP contribution in [0.15, 0.2) is 11.1 Å². The Balaban J connectivity index is 2.12. The van der Waals surface area contributed by atoms with Gasteiger partial charge in [0.15, 0.2) is 8.32 Å². The minimum Gasteiger partial charge on any atom is -0.410 e. The topological polar surface area (TPSA) is 9.23 Å². The van der Waals surface area contributed by atoms with Crippen molar-refractivity contribution in [2.75, 3.05) is 0 Å². The molecule has 2 heteroatoms. The highest BCUT2D eigenvalue weighted by atomic mass is 28.4. The molecule has 0 saturated heterocycles. The maximum atomic E-state index is 7.63. The second-order valence-corrected chi connectivity index (χ2v) is 16.2. The smallest absolute Gasteiger partial charge is 0.192 e. The van der Waals surface area contributed by atoms with E-state index < -0.39 is 8.32 Å². The molecule has 4 atom stereocenters. The van der Waals surface area contributed by atoms with Gasteiger partial charge in [-0.3, -0.25) is 0 Å². The lowest BCUT2D eigenvalue weighted by molar-refractivity contribution is -0.107. The van der Waals surface area contributed by atoms with Gasteiger partial charge in [-0.2, -0.15) is 0 Å². The first kappa shape index (κ1) is 22.6. The molecule has 2 fully saturated rings.